The van der Waals surface area contributed by atoms with Crippen LogP contribution < -0.4 is 0 Å². The van der Waals surface area contributed by atoms with Crippen LogP contribution in [-0.4, -0.2) is 14.7 Å². The van der Waals surface area contributed by atoms with Crippen molar-refractivity contribution in [1.82, 2.24) is 9.55 Å². The van der Waals surface area contributed by atoms with Gasteiger partial charge in [0.1, 0.15) is 11.6 Å². The van der Waals surface area contributed by atoms with E-state index in [1.165, 1.54) is 6.07 Å². The molecule has 0 radical (unpaired) electrons. The van der Waals surface area contributed by atoms with Crippen LogP contribution in [0.3, 0.4) is 0 Å². The van der Waals surface area contributed by atoms with E-state index >= 15 is 0 Å². The molecule has 0 amide bonds. The Balaban J connectivity index is 2.38. The average molecular weight is 362 g/mol. The third-order valence-corrected chi connectivity index (χ3v) is 4.52. The maximum absolute atomic E-state index is 10.2. The Morgan fingerprint density at radius 3 is 2.48 bits per heavy atom. The fraction of sp³-hybridized carbons (Fsp3) is 0.0714. The zero-order valence-corrected chi connectivity index (χ0v) is 13.7. The van der Waals surface area contributed by atoms with Gasteiger partial charge in [-0.15, -0.1) is 0 Å². The van der Waals surface area contributed by atoms with Gasteiger partial charge in [-0.3, -0.25) is 0 Å². The van der Waals surface area contributed by atoms with Crippen LogP contribution >= 0.6 is 46.4 Å². The Morgan fingerprint density at radius 1 is 1.05 bits per heavy atom. The molecule has 1 aromatic heterocycles. The number of fused-ring (bicyclic) bond motifs is 1. The molecule has 0 aliphatic rings. The van der Waals surface area contributed by atoms with Gasteiger partial charge in [0.15, 0.2) is 0 Å². The van der Waals surface area contributed by atoms with Crippen LogP contribution in [0.2, 0.25) is 20.1 Å². The molecule has 0 aliphatic carbocycles. The highest BCUT2D eigenvalue weighted by Gasteiger charge is 2.21. The molecule has 0 aliphatic heterocycles. The minimum Gasteiger partial charge on any atom is -0.506 e. The molecule has 3 aromatic rings. The van der Waals surface area contributed by atoms with Gasteiger partial charge in [-0.05, 0) is 24.3 Å². The Hall–Kier alpha value is -1.13. The molecule has 0 saturated heterocycles. The summed E-state index contributed by atoms with van der Waals surface area (Å²) in [5.74, 6) is 0.301. The van der Waals surface area contributed by atoms with Crippen LogP contribution in [0.5, 0.6) is 5.75 Å². The highest BCUT2D eigenvalue weighted by Crippen LogP contribution is 2.44. The molecule has 3 rings (SSSR count). The van der Waals surface area contributed by atoms with Crippen molar-refractivity contribution < 1.29 is 5.11 Å². The first-order valence-electron chi connectivity index (χ1n) is 5.89. The number of aromatic hydroxyl groups is 1. The molecular formula is C14H8Cl4N2O. The van der Waals surface area contributed by atoms with E-state index in [1.807, 2.05) is 13.1 Å². The lowest BCUT2D eigenvalue weighted by Crippen LogP contribution is -1.94. The van der Waals surface area contributed by atoms with Crippen LogP contribution in [0.4, 0.5) is 0 Å². The van der Waals surface area contributed by atoms with Gasteiger partial charge < -0.3 is 9.67 Å². The zero-order valence-electron chi connectivity index (χ0n) is 10.7. The van der Waals surface area contributed by atoms with Crippen molar-refractivity contribution in [3.8, 4) is 17.1 Å². The number of rotatable bonds is 1. The molecule has 0 unspecified atom stereocenters. The summed E-state index contributed by atoms with van der Waals surface area (Å²) >= 11 is 24.2. The first kappa shape index (κ1) is 14.8. The number of aromatic nitrogens is 2. The molecule has 1 N–H and O–H groups in total. The van der Waals surface area contributed by atoms with E-state index < -0.39 is 0 Å². The molecule has 0 atom stereocenters. The number of hydrogen-bond acceptors (Lipinski definition) is 2. The third-order valence-electron chi connectivity index (χ3n) is 3.21. The molecule has 7 heteroatoms. The number of aryl methyl sites for hydroxylation is 1. The van der Waals surface area contributed by atoms with Gasteiger partial charge >= 0.3 is 0 Å². The zero-order chi connectivity index (χ0) is 15.3. The van der Waals surface area contributed by atoms with Crippen molar-refractivity contribution in [3.63, 3.8) is 0 Å². The van der Waals surface area contributed by atoms with Crippen LogP contribution in [0.15, 0.2) is 24.3 Å². The van der Waals surface area contributed by atoms with Gasteiger partial charge in [0.05, 0.1) is 31.7 Å². The first-order chi connectivity index (χ1) is 9.90. The van der Waals surface area contributed by atoms with E-state index in [0.717, 1.165) is 5.52 Å². The molecule has 0 fully saturated rings. The number of phenolic OH excluding ortho intramolecular Hbond substituents is 1. The second-order valence-corrected chi connectivity index (χ2v) is 6.13. The second kappa shape index (κ2) is 5.25. The Morgan fingerprint density at radius 2 is 1.76 bits per heavy atom. The molecular weight excluding hydrogens is 354 g/mol. The average Bonchev–Trinajstić information content (AvgIpc) is 2.74. The summed E-state index contributed by atoms with van der Waals surface area (Å²) in [5.41, 5.74) is 1.83. The van der Waals surface area contributed by atoms with Gasteiger partial charge in [-0.2, -0.15) is 0 Å². The number of phenols is 1. The summed E-state index contributed by atoms with van der Waals surface area (Å²) < 4.78 is 1.79. The Labute approximate surface area is 140 Å². The summed E-state index contributed by atoms with van der Waals surface area (Å²) in [6, 6.07) is 6.73. The fourth-order valence-corrected chi connectivity index (χ4v) is 3.04. The molecule has 108 valence electrons. The van der Waals surface area contributed by atoms with Crippen molar-refractivity contribution in [3.05, 3.63) is 44.4 Å². The van der Waals surface area contributed by atoms with Crippen LogP contribution in [0, 0.1) is 0 Å². The standard InChI is InChI=1S/C14H8Cl4N2O/c1-20-10-3-2-6(15)4-9(10)19-14(20)11-12(18)7(16)5-8(17)13(11)21/h2-5,21H,1H3. The van der Waals surface area contributed by atoms with Crippen molar-refractivity contribution in [2.75, 3.05) is 0 Å². The molecule has 0 bridgehead atoms. The highest BCUT2D eigenvalue weighted by atomic mass is 35.5. The highest BCUT2D eigenvalue weighted by molar-refractivity contribution is 6.45. The first-order valence-corrected chi connectivity index (χ1v) is 7.40. The van der Waals surface area contributed by atoms with E-state index in [9.17, 15) is 5.11 Å². The minimum absolute atomic E-state index is 0.115. The smallest absolute Gasteiger partial charge is 0.146 e. The van der Waals surface area contributed by atoms with Gasteiger partial charge in [0.2, 0.25) is 0 Å². The molecule has 2 aromatic carbocycles. The van der Waals surface area contributed by atoms with Gasteiger partial charge in [-0.25, -0.2) is 4.98 Å². The quantitative estimate of drug-likeness (QED) is 0.576. The number of halogens is 4. The Bertz CT molecular complexity index is 847. The van der Waals surface area contributed by atoms with Crippen LogP contribution in [0.25, 0.3) is 22.4 Å². The predicted molar refractivity (Wildman–Crippen MR) is 87.9 cm³/mol. The van der Waals surface area contributed by atoms with E-state index in [2.05, 4.69) is 4.98 Å². The van der Waals surface area contributed by atoms with Gasteiger partial charge in [0.25, 0.3) is 0 Å². The molecule has 0 spiro atoms. The topological polar surface area (TPSA) is 38.0 Å². The van der Waals surface area contributed by atoms with Crippen molar-refractivity contribution in [2.24, 2.45) is 7.05 Å². The number of nitrogens with zero attached hydrogens (tertiary/aromatic N) is 2. The maximum atomic E-state index is 10.2. The summed E-state index contributed by atoms with van der Waals surface area (Å²) in [4.78, 5) is 4.46. The van der Waals surface area contributed by atoms with E-state index in [1.54, 1.807) is 16.7 Å². The number of benzene rings is 2. The van der Waals surface area contributed by atoms with E-state index in [-0.39, 0.29) is 20.8 Å². The van der Waals surface area contributed by atoms with Crippen LogP contribution in [-0.2, 0) is 7.05 Å². The monoisotopic (exact) mass is 360 g/mol. The normalized spacial score (nSPS) is 11.3. The predicted octanol–water partition coefficient (Wildman–Crippen LogP) is 5.56. The van der Waals surface area contributed by atoms with Crippen molar-refractivity contribution >= 4 is 57.4 Å². The molecule has 3 nitrogen and oxygen atoms in total. The van der Waals surface area contributed by atoms with Crippen molar-refractivity contribution in [2.45, 2.75) is 0 Å². The Kier molecular flexibility index (Phi) is 3.70. The van der Waals surface area contributed by atoms with Gasteiger partial charge in [0, 0.05) is 12.1 Å². The number of hydrogen-bond donors (Lipinski definition) is 1. The van der Waals surface area contributed by atoms with Gasteiger partial charge in [-0.1, -0.05) is 46.4 Å². The third kappa shape index (κ3) is 2.34. The fourth-order valence-electron chi connectivity index (χ4n) is 2.19. The lowest BCUT2D eigenvalue weighted by molar-refractivity contribution is 0.477. The lowest BCUT2D eigenvalue weighted by atomic mass is 10.2. The summed E-state index contributed by atoms with van der Waals surface area (Å²) in [6.07, 6.45) is 0. The largest absolute Gasteiger partial charge is 0.506 e. The summed E-state index contributed by atoms with van der Waals surface area (Å²) in [5, 5.41) is 11.3. The SMILES string of the molecule is Cn1c(-c2c(O)c(Cl)cc(Cl)c2Cl)nc2cc(Cl)ccc21. The molecule has 0 saturated carbocycles. The van der Waals surface area contributed by atoms with Crippen LogP contribution in [0.1, 0.15) is 0 Å². The molecule has 21 heavy (non-hydrogen) atoms. The van der Waals surface area contributed by atoms with Crippen molar-refractivity contribution in [1.29, 1.82) is 0 Å². The second-order valence-electron chi connectivity index (χ2n) is 4.51. The molecule has 1 heterocycles. The van der Waals surface area contributed by atoms with E-state index in [4.69, 9.17) is 46.4 Å². The summed E-state index contributed by atoms with van der Waals surface area (Å²) in [7, 11) is 1.81. The summed E-state index contributed by atoms with van der Waals surface area (Å²) in [6.45, 7) is 0. The minimum atomic E-state index is -0.157. The number of imidazole rings is 1. The maximum Gasteiger partial charge on any atom is 0.146 e. The lowest BCUT2D eigenvalue weighted by Gasteiger charge is -2.10. The van der Waals surface area contributed by atoms with E-state index in [0.29, 0.717) is 21.9 Å².